The average molecular weight is 288 g/mol. The SMILES string of the molecule is CSC1CCN(C(=O)NCC(C(=O)O)C(C)C)CC1. The Kier molecular flexibility index (Phi) is 6.48. The predicted octanol–water partition coefficient (Wildman–Crippen LogP) is 1.88. The lowest BCUT2D eigenvalue weighted by Gasteiger charge is -2.31. The fraction of sp³-hybridized carbons (Fsp3) is 0.846. The van der Waals surface area contributed by atoms with Gasteiger partial charge in [0.15, 0.2) is 0 Å². The van der Waals surface area contributed by atoms with Crippen molar-refractivity contribution in [3.8, 4) is 0 Å². The van der Waals surface area contributed by atoms with Crippen LogP contribution >= 0.6 is 11.8 Å². The molecule has 1 unspecified atom stereocenters. The minimum absolute atomic E-state index is 0.0139. The van der Waals surface area contributed by atoms with Crippen molar-refractivity contribution in [1.82, 2.24) is 10.2 Å². The fourth-order valence-electron chi connectivity index (χ4n) is 2.21. The van der Waals surface area contributed by atoms with Gasteiger partial charge in [-0.3, -0.25) is 4.79 Å². The number of carbonyl (C=O) groups excluding carboxylic acids is 1. The van der Waals surface area contributed by atoms with Crippen LogP contribution < -0.4 is 5.32 Å². The van der Waals surface area contributed by atoms with Crippen molar-refractivity contribution in [2.45, 2.75) is 31.9 Å². The van der Waals surface area contributed by atoms with Crippen molar-refractivity contribution in [2.24, 2.45) is 11.8 Å². The molecule has 2 N–H and O–H groups in total. The minimum atomic E-state index is -0.851. The van der Waals surface area contributed by atoms with Crippen LogP contribution in [-0.2, 0) is 4.79 Å². The lowest BCUT2D eigenvalue weighted by molar-refractivity contribution is -0.142. The maximum Gasteiger partial charge on any atom is 0.317 e. The molecule has 5 nitrogen and oxygen atoms in total. The summed E-state index contributed by atoms with van der Waals surface area (Å²) < 4.78 is 0. The maximum absolute atomic E-state index is 12.0. The number of aliphatic carboxylic acids is 1. The normalized spacial score (nSPS) is 18.4. The number of carboxylic acid groups (broad SMARTS) is 1. The summed E-state index contributed by atoms with van der Waals surface area (Å²) in [5.41, 5.74) is 0. The summed E-state index contributed by atoms with van der Waals surface area (Å²) in [6.07, 6.45) is 4.13. The van der Waals surface area contributed by atoms with Gasteiger partial charge in [-0.2, -0.15) is 11.8 Å². The van der Waals surface area contributed by atoms with Gasteiger partial charge in [-0.1, -0.05) is 13.8 Å². The second kappa shape index (κ2) is 7.62. The number of rotatable bonds is 5. The summed E-state index contributed by atoms with van der Waals surface area (Å²) in [7, 11) is 0. The molecule has 0 bridgehead atoms. The van der Waals surface area contributed by atoms with E-state index in [0.717, 1.165) is 25.9 Å². The van der Waals surface area contributed by atoms with Gasteiger partial charge in [0.2, 0.25) is 0 Å². The van der Waals surface area contributed by atoms with E-state index < -0.39 is 11.9 Å². The van der Waals surface area contributed by atoms with E-state index in [2.05, 4.69) is 11.6 Å². The monoisotopic (exact) mass is 288 g/mol. The third kappa shape index (κ3) is 4.93. The first kappa shape index (κ1) is 16.1. The van der Waals surface area contributed by atoms with Gasteiger partial charge in [-0.05, 0) is 25.0 Å². The maximum atomic E-state index is 12.0. The number of likely N-dealkylation sites (tertiary alicyclic amines) is 1. The fourth-order valence-corrected chi connectivity index (χ4v) is 2.89. The van der Waals surface area contributed by atoms with Crippen LogP contribution in [0.2, 0.25) is 0 Å². The Morgan fingerprint density at radius 3 is 2.37 bits per heavy atom. The molecule has 1 saturated heterocycles. The zero-order valence-corrected chi connectivity index (χ0v) is 12.7. The standard InChI is InChI=1S/C13H24N2O3S/c1-9(2)11(12(16)17)8-14-13(18)15-6-4-10(19-3)5-7-15/h9-11H,4-8H2,1-3H3,(H,14,18)(H,16,17). The predicted molar refractivity (Wildman–Crippen MR) is 77.5 cm³/mol. The smallest absolute Gasteiger partial charge is 0.317 e. The van der Waals surface area contributed by atoms with Gasteiger partial charge in [0.05, 0.1) is 5.92 Å². The van der Waals surface area contributed by atoms with E-state index in [1.54, 1.807) is 4.90 Å². The second-order valence-corrected chi connectivity index (χ2v) is 6.43. The number of hydrogen-bond donors (Lipinski definition) is 2. The highest BCUT2D eigenvalue weighted by Gasteiger charge is 2.25. The molecule has 0 aromatic rings. The Balaban J connectivity index is 2.37. The first-order chi connectivity index (χ1) is 8.95. The van der Waals surface area contributed by atoms with Crippen LogP contribution in [-0.4, -0.2) is 53.1 Å². The number of thioether (sulfide) groups is 1. The number of carboxylic acids is 1. The van der Waals surface area contributed by atoms with Crippen LogP contribution in [0.25, 0.3) is 0 Å². The molecule has 110 valence electrons. The zero-order valence-electron chi connectivity index (χ0n) is 11.9. The summed E-state index contributed by atoms with van der Waals surface area (Å²) >= 11 is 1.85. The Hall–Kier alpha value is -0.910. The lowest BCUT2D eigenvalue weighted by atomic mass is 9.96. The average Bonchev–Trinajstić information content (AvgIpc) is 2.38. The molecule has 1 atom stereocenters. The molecule has 0 aromatic carbocycles. The Morgan fingerprint density at radius 1 is 1.37 bits per heavy atom. The summed E-state index contributed by atoms with van der Waals surface area (Å²) in [5, 5.41) is 12.5. The van der Waals surface area contributed by atoms with E-state index >= 15 is 0 Å². The molecule has 0 aliphatic carbocycles. The molecule has 2 amide bonds. The van der Waals surface area contributed by atoms with E-state index in [4.69, 9.17) is 5.11 Å². The number of piperidine rings is 1. The molecule has 1 aliphatic rings. The third-order valence-electron chi connectivity index (χ3n) is 3.66. The summed E-state index contributed by atoms with van der Waals surface area (Å²) in [6, 6.07) is -0.133. The number of amides is 2. The van der Waals surface area contributed by atoms with E-state index in [-0.39, 0.29) is 18.5 Å². The van der Waals surface area contributed by atoms with Crippen LogP contribution in [0.4, 0.5) is 4.79 Å². The van der Waals surface area contributed by atoms with Gasteiger partial charge in [0, 0.05) is 24.9 Å². The number of nitrogens with zero attached hydrogens (tertiary/aromatic N) is 1. The first-order valence-electron chi connectivity index (χ1n) is 6.74. The summed E-state index contributed by atoms with van der Waals surface area (Å²) in [4.78, 5) is 24.8. The van der Waals surface area contributed by atoms with Gasteiger partial charge < -0.3 is 15.3 Å². The van der Waals surface area contributed by atoms with Crippen LogP contribution in [0.5, 0.6) is 0 Å². The van der Waals surface area contributed by atoms with E-state index in [1.165, 1.54) is 0 Å². The highest BCUT2D eigenvalue weighted by molar-refractivity contribution is 7.99. The molecule has 1 aliphatic heterocycles. The second-order valence-electron chi connectivity index (χ2n) is 5.30. The van der Waals surface area contributed by atoms with E-state index in [0.29, 0.717) is 5.25 Å². The number of carbonyl (C=O) groups is 2. The molecule has 0 spiro atoms. The van der Waals surface area contributed by atoms with Crippen LogP contribution in [0, 0.1) is 11.8 Å². The number of nitrogens with one attached hydrogen (secondary N) is 1. The Labute approximate surface area is 119 Å². The minimum Gasteiger partial charge on any atom is -0.481 e. The highest BCUT2D eigenvalue weighted by atomic mass is 32.2. The van der Waals surface area contributed by atoms with Crippen molar-refractivity contribution < 1.29 is 14.7 Å². The molecule has 1 rings (SSSR count). The quantitative estimate of drug-likeness (QED) is 0.810. The molecule has 0 saturated carbocycles. The molecule has 1 fully saturated rings. The van der Waals surface area contributed by atoms with Crippen LogP contribution in [0.15, 0.2) is 0 Å². The molecular formula is C13H24N2O3S. The highest BCUT2D eigenvalue weighted by Crippen LogP contribution is 2.20. The molecule has 6 heteroatoms. The lowest BCUT2D eigenvalue weighted by Crippen LogP contribution is -2.47. The molecule has 19 heavy (non-hydrogen) atoms. The Bertz CT molecular complexity index is 315. The number of urea groups is 1. The van der Waals surface area contributed by atoms with Gasteiger partial charge in [-0.15, -0.1) is 0 Å². The van der Waals surface area contributed by atoms with E-state index in [9.17, 15) is 9.59 Å². The zero-order chi connectivity index (χ0) is 14.4. The Morgan fingerprint density at radius 2 is 1.95 bits per heavy atom. The topological polar surface area (TPSA) is 69.6 Å². The van der Waals surface area contributed by atoms with Gasteiger partial charge in [0.1, 0.15) is 0 Å². The summed E-state index contributed by atoms with van der Waals surface area (Å²) in [5.74, 6) is -1.36. The van der Waals surface area contributed by atoms with Crippen LogP contribution in [0.3, 0.4) is 0 Å². The number of hydrogen-bond acceptors (Lipinski definition) is 3. The summed E-state index contributed by atoms with van der Waals surface area (Å²) in [6.45, 7) is 5.44. The van der Waals surface area contributed by atoms with Crippen molar-refractivity contribution in [2.75, 3.05) is 25.9 Å². The van der Waals surface area contributed by atoms with Crippen molar-refractivity contribution in [3.05, 3.63) is 0 Å². The molecule has 0 radical (unpaired) electrons. The molecule has 0 aromatic heterocycles. The van der Waals surface area contributed by atoms with E-state index in [1.807, 2.05) is 25.6 Å². The van der Waals surface area contributed by atoms with Crippen LogP contribution in [0.1, 0.15) is 26.7 Å². The van der Waals surface area contributed by atoms with Crippen molar-refractivity contribution in [3.63, 3.8) is 0 Å². The van der Waals surface area contributed by atoms with Gasteiger partial charge >= 0.3 is 12.0 Å². The molecular weight excluding hydrogens is 264 g/mol. The van der Waals surface area contributed by atoms with Crippen molar-refractivity contribution >= 4 is 23.8 Å². The largest absolute Gasteiger partial charge is 0.481 e. The van der Waals surface area contributed by atoms with Gasteiger partial charge in [-0.25, -0.2) is 4.79 Å². The molecule has 1 heterocycles. The van der Waals surface area contributed by atoms with Crippen molar-refractivity contribution in [1.29, 1.82) is 0 Å². The van der Waals surface area contributed by atoms with Gasteiger partial charge in [0.25, 0.3) is 0 Å². The first-order valence-corrected chi connectivity index (χ1v) is 8.02. The third-order valence-corrected chi connectivity index (χ3v) is 4.80.